The molecule has 1 fully saturated rings. The Bertz CT molecular complexity index is 592. The molecule has 1 aromatic carbocycles. The van der Waals surface area contributed by atoms with Crippen molar-refractivity contribution in [1.82, 2.24) is 10.6 Å². The first-order valence-corrected chi connectivity index (χ1v) is 10.5. The van der Waals surface area contributed by atoms with Crippen molar-refractivity contribution in [3.63, 3.8) is 0 Å². The number of halogens is 1. The fourth-order valence-electron chi connectivity index (χ4n) is 3.36. The minimum Gasteiger partial charge on any atom is -0.382 e. The maximum Gasteiger partial charge on any atom is 0.191 e. The first-order valence-electron chi connectivity index (χ1n) is 10.1. The lowest BCUT2D eigenvalue weighted by molar-refractivity contribution is 0.0531. The first kappa shape index (κ1) is 22.9. The monoisotopic (exact) mass is 411 g/mol. The van der Waals surface area contributed by atoms with Crippen molar-refractivity contribution < 1.29 is 14.2 Å². The zero-order chi connectivity index (χ0) is 20.1. The van der Waals surface area contributed by atoms with Crippen molar-refractivity contribution in [1.29, 1.82) is 0 Å². The summed E-state index contributed by atoms with van der Waals surface area (Å²) >= 11 is 6.53. The van der Waals surface area contributed by atoms with Crippen LogP contribution in [0.2, 0.25) is 5.02 Å². The molecule has 1 heterocycles. The number of hydrogen-bond donors (Lipinski definition) is 2. The van der Waals surface area contributed by atoms with Crippen LogP contribution in [-0.2, 0) is 19.6 Å². The third kappa shape index (κ3) is 7.24. The van der Waals surface area contributed by atoms with Crippen molar-refractivity contribution in [2.45, 2.75) is 31.6 Å². The lowest BCUT2D eigenvalue weighted by Gasteiger charge is -2.37. The van der Waals surface area contributed by atoms with Crippen LogP contribution < -0.4 is 10.6 Å². The summed E-state index contributed by atoms with van der Waals surface area (Å²) in [5.41, 5.74) is 1.09. The Morgan fingerprint density at radius 2 is 1.96 bits per heavy atom. The summed E-state index contributed by atoms with van der Waals surface area (Å²) in [6.45, 7) is 7.82. The number of benzene rings is 1. The smallest absolute Gasteiger partial charge is 0.191 e. The summed E-state index contributed by atoms with van der Waals surface area (Å²) in [4.78, 5) is 4.89. The van der Waals surface area contributed by atoms with E-state index in [0.717, 1.165) is 56.5 Å². The van der Waals surface area contributed by atoms with Crippen LogP contribution in [0.15, 0.2) is 29.3 Å². The van der Waals surface area contributed by atoms with E-state index in [1.54, 1.807) is 7.11 Å². The molecule has 0 aliphatic carbocycles. The molecule has 7 heteroatoms. The van der Waals surface area contributed by atoms with Crippen LogP contribution in [0.25, 0.3) is 0 Å². The van der Waals surface area contributed by atoms with Gasteiger partial charge in [-0.3, -0.25) is 4.99 Å². The molecule has 1 aromatic rings. The van der Waals surface area contributed by atoms with E-state index in [2.05, 4.69) is 29.7 Å². The summed E-state index contributed by atoms with van der Waals surface area (Å²) in [5, 5.41) is 7.54. The number of nitrogens with one attached hydrogen (secondary N) is 2. The first-order chi connectivity index (χ1) is 13.7. The molecule has 0 aromatic heterocycles. The Morgan fingerprint density at radius 3 is 2.68 bits per heavy atom. The van der Waals surface area contributed by atoms with E-state index < -0.39 is 0 Å². The van der Waals surface area contributed by atoms with Crippen molar-refractivity contribution in [3.05, 3.63) is 34.9 Å². The van der Waals surface area contributed by atoms with Gasteiger partial charge in [-0.1, -0.05) is 29.8 Å². The Morgan fingerprint density at radius 1 is 1.18 bits per heavy atom. The van der Waals surface area contributed by atoms with Gasteiger partial charge in [0.05, 0.1) is 19.8 Å². The van der Waals surface area contributed by atoms with Crippen LogP contribution in [0.1, 0.15) is 31.7 Å². The van der Waals surface area contributed by atoms with Gasteiger partial charge in [-0.2, -0.15) is 0 Å². The summed E-state index contributed by atoms with van der Waals surface area (Å²) in [7, 11) is 1.68. The molecule has 0 atom stereocenters. The molecule has 1 aliphatic heterocycles. The van der Waals surface area contributed by atoms with Crippen LogP contribution in [0, 0.1) is 0 Å². The minimum atomic E-state index is -0.0811. The Hall–Kier alpha value is -1.34. The third-order valence-corrected chi connectivity index (χ3v) is 5.30. The summed E-state index contributed by atoms with van der Waals surface area (Å²) in [6.07, 6.45) is 2.76. The molecule has 0 unspecified atom stereocenters. The highest BCUT2D eigenvalue weighted by Crippen LogP contribution is 2.38. The second kappa shape index (κ2) is 13.0. The van der Waals surface area contributed by atoms with Gasteiger partial charge in [0.25, 0.3) is 0 Å². The molecule has 1 aliphatic rings. The number of hydrogen-bond acceptors (Lipinski definition) is 4. The second-order valence-electron chi connectivity index (χ2n) is 6.95. The number of aliphatic imine (C=N–C) groups is 1. The molecular formula is C21H34ClN3O3. The minimum absolute atomic E-state index is 0.0811. The molecule has 0 radical (unpaired) electrons. The van der Waals surface area contributed by atoms with Gasteiger partial charge in [-0.05, 0) is 37.8 Å². The van der Waals surface area contributed by atoms with Gasteiger partial charge in [0, 0.05) is 50.5 Å². The number of rotatable bonds is 11. The van der Waals surface area contributed by atoms with Gasteiger partial charge in [-0.15, -0.1) is 0 Å². The number of methoxy groups -OCH3 is 1. The van der Waals surface area contributed by atoms with E-state index in [-0.39, 0.29) is 5.41 Å². The van der Waals surface area contributed by atoms with Gasteiger partial charge in [0.15, 0.2) is 5.96 Å². The highest BCUT2D eigenvalue weighted by Gasteiger charge is 2.36. The van der Waals surface area contributed by atoms with Crippen molar-refractivity contribution in [2.75, 3.05) is 59.8 Å². The van der Waals surface area contributed by atoms with E-state index in [1.807, 2.05) is 12.1 Å². The molecule has 0 saturated carbocycles. The van der Waals surface area contributed by atoms with Crippen LogP contribution in [0.5, 0.6) is 0 Å². The molecule has 158 valence electrons. The predicted molar refractivity (Wildman–Crippen MR) is 114 cm³/mol. The van der Waals surface area contributed by atoms with Crippen LogP contribution >= 0.6 is 11.6 Å². The molecule has 2 N–H and O–H groups in total. The number of ether oxygens (including phenoxy) is 3. The number of nitrogens with zero attached hydrogens (tertiary/aromatic N) is 1. The van der Waals surface area contributed by atoms with Crippen molar-refractivity contribution in [2.24, 2.45) is 4.99 Å². The molecule has 6 nitrogen and oxygen atoms in total. The molecule has 1 saturated heterocycles. The average molecular weight is 412 g/mol. The lowest BCUT2D eigenvalue weighted by atomic mass is 9.74. The normalized spacial score (nSPS) is 16.8. The highest BCUT2D eigenvalue weighted by molar-refractivity contribution is 6.31. The molecule has 2 rings (SSSR count). The van der Waals surface area contributed by atoms with Crippen LogP contribution in [0.3, 0.4) is 0 Å². The maximum absolute atomic E-state index is 6.53. The van der Waals surface area contributed by atoms with Crippen molar-refractivity contribution in [3.8, 4) is 0 Å². The SMILES string of the molecule is CCNC(=NCC1(c2ccccc2Cl)CCOCC1)NCCCOCCOC. The fraction of sp³-hybridized carbons (Fsp3) is 0.667. The van der Waals surface area contributed by atoms with Gasteiger partial charge in [0.1, 0.15) is 0 Å². The topological polar surface area (TPSA) is 64.1 Å². The van der Waals surface area contributed by atoms with E-state index >= 15 is 0 Å². The van der Waals surface area contributed by atoms with E-state index in [4.69, 9.17) is 30.8 Å². The second-order valence-corrected chi connectivity index (χ2v) is 7.36. The Balaban J connectivity index is 1.96. The van der Waals surface area contributed by atoms with E-state index in [9.17, 15) is 0 Å². The Labute approximate surface area is 174 Å². The van der Waals surface area contributed by atoms with E-state index in [0.29, 0.717) is 26.4 Å². The standard InChI is InChI=1S/C21H34ClN3O3/c1-3-23-20(24-11-6-12-27-16-15-26-2)25-17-21(9-13-28-14-10-21)18-7-4-5-8-19(18)22/h4-5,7-8H,3,6,9-17H2,1-2H3,(H2,23,24,25). The average Bonchev–Trinajstić information content (AvgIpc) is 2.72. The zero-order valence-corrected chi connectivity index (χ0v) is 17.9. The van der Waals surface area contributed by atoms with Gasteiger partial charge in [0.2, 0.25) is 0 Å². The molecule has 0 spiro atoms. The van der Waals surface area contributed by atoms with Crippen molar-refractivity contribution >= 4 is 17.6 Å². The summed E-state index contributed by atoms with van der Waals surface area (Å²) in [5.74, 6) is 0.831. The predicted octanol–water partition coefficient (Wildman–Crippen LogP) is 3.00. The van der Waals surface area contributed by atoms with Gasteiger partial charge >= 0.3 is 0 Å². The van der Waals surface area contributed by atoms with Crippen LogP contribution in [-0.4, -0.2) is 65.7 Å². The lowest BCUT2D eigenvalue weighted by Crippen LogP contribution is -2.41. The maximum atomic E-state index is 6.53. The quantitative estimate of drug-likeness (QED) is 0.333. The van der Waals surface area contributed by atoms with Gasteiger partial charge in [-0.25, -0.2) is 0 Å². The summed E-state index contributed by atoms with van der Waals surface area (Å²) in [6, 6.07) is 8.11. The zero-order valence-electron chi connectivity index (χ0n) is 17.1. The molecule has 28 heavy (non-hydrogen) atoms. The van der Waals surface area contributed by atoms with Gasteiger partial charge < -0.3 is 24.8 Å². The number of guanidine groups is 1. The largest absolute Gasteiger partial charge is 0.382 e. The third-order valence-electron chi connectivity index (χ3n) is 4.97. The molecular weight excluding hydrogens is 378 g/mol. The Kier molecular flexibility index (Phi) is 10.6. The van der Waals surface area contributed by atoms with E-state index in [1.165, 1.54) is 5.56 Å². The molecule has 0 bridgehead atoms. The highest BCUT2D eigenvalue weighted by atomic mass is 35.5. The summed E-state index contributed by atoms with van der Waals surface area (Å²) < 4.78 is 16.1. The fourth-order valence-corrected chi connectivity index (χ4v) is 3.70. The van der Waals surface area contributed by atoms with Crippen LogP contribution in [0.4, 0.5) is 0 Å². The molecule has 0 amide bonds.